The summed E-state index contributed by atoms with van der Waals surface area (Å²) in [6.45, 7) is 9.13. The van der Waals surface area contributed by atoms with E-state index >= 15 is 0 Å². The average Bonchev–Trinajstić information content (AvgIpc) is 3.18. The molecule has 1 fully saturated rings. The Kier molecular flexibility index (Phi) is 4.61. The molecular weight excluding hydrogens is 364 g/mol. The highest BCUT2D eigenvalue weighted by atomic mass is 32.1. The van der Waals surface area contributed by atoms with Crippen molar-refractivity contribution in [1.82, 2.24) is 19.8 Å². The smallest absolute Gasteiger partial charge is 0.259 e. The van der Waals surface area contributed by atoms with Crippen molar-refractivity contribution in [3.8, 4) is 0 Å². The Bertz CT molecular complexity index is 1060. The van der Waals surface area contributed by atoms with Crippen molar-refractivity contribution in [2.24, 2.45) is 0 Å². The summed E-state index contributed by atoms with van der Waals surface area (Å²) >= 11 is 1.56. The van der Waals surface area contributed by atoms with E-state index in [4.69, 9.17) is 4.42 Å². The number of thiophene rings is 1. The normalized spacial score (nSPS) is 15.6. The van der Waals surface area contributed by atoms with Crippen LogP contribution in [0.4, 0.5) is 0 Å². The van der Waals surface area contributed by atoms with Gasteiger partial charge in [0, 0.05) is 31.1 Å². The molecule has 1 aliphatic rings. The van der Waals surface area contributed by atoms with Crippen molar-refractivity contribution >= 4 is 27.5 Å². The topological polar surface area (TPSA) is 82.4 Å². The number of rotatable bonds is 3. The molecule has 1 amide bonds. The van der Waals surface area contributed by atoms with Gasteiger partial charge in [0.2, 0.25) is 0 Å². The molecule has 3 aromatic rings. The molecule has 0 aromatic carbocycles. The maximum absolute atomic E-state index is 12.6. The molecule has 0 radical (unpaired) electrons. The molecular formula is C19H22N4O3S. The summed E-state index contributed by atoms with van der Waals surface area (Å²) in [5.74, 6) is 1.34. The number of nitrogens with zero attached hydrogens (tertiary/aromatic N) is 3. The van der Waals surface area contributed by atoms with E-state index in [-0.39, 0.29) is 11.5 Å². The summed E-state index contributed by atoms with van der Waals surface area (Å²) in [5.41, 5.74) is 1.57. The standard InChI is InChI=1S/C19H22N4O3S/c1-11-13(3)27-18-16(11)17(24)20-15(21-18)10-22-5-7-23(8-6-22)19(25)14-4-9-26-12(14)2/h4,9H,5-8,10H2,1-3H3,(H,20,21,24). The zero-order valence-electron chi connectivity index (χ0n) is 15.7. The summed E-state index contributed by atoms with van der Waals surface area (Å²) in [5, 5.41) is 0.701. The monoisotopic (exact) mass is 386 g/mol. The Morgan fingerprint density at radius 3 is 2.67 bits per heavy atom. The van der Waals surface area contributed by atoms with Crippen LogP contribution in [0.3, 0.4) is 0 Å². The molecule has 0 unspecified atom stereocenters. The van der Waals surface area contributed by atoms with Crippen LogP contribution in [-0.4, -0.2) is 51.9 Å². The first-order valence-corrected chi connectivity index (χ1v) is 9.80. The van der Waals surface area contributed by atoms with E-state index in [1.54, 1.807) is 30.6 Å². The van der Waals surface area contributed by atoms with E-state index in [1.165, 1.54) is 0 Å². The Hall–Kier alpha value is -2.45. The highest BCUT2D eigenvalue weighted by Gasteiger charge is 2.24. The zero-order valence-corrected chi connectivity index (χ0v) is 16.5. The Morgan fingerprint density at radius 1 is 1.26 bits per heavy atom. The average molecular weight is 386 g/mol. The Balaban J connectivity index is 1.44. The van der Waals surface area contributed by atoms with Crippen LogP contribution in [0.25, 0.3) is 10.2 Å². The summed E-state index contributed by atoms with van der Waals surface area (Å²) in [6.07, 6.45) is 1.55. The second-order valence-corrected chi connectivity index (χ2v) is 8.14. The lowest BCUT2D eigenvalue weighted by Gasteiger charge is -2.34. The van der Waals surface area contributed by atoms with Crippen molar-refractivity contribution in [2.45, 2.75) is 27.3 Å². The molecule has 1 N–H and O–H groups in total. The number of hydrogen-bond acceptors (Lipinski definition) is 6. The van der Waals surface area contributed by atoms with Gasteiger partial charge >= 0.3 is 0 Å². The van der Waals surface area contributed by atoms with Crippen LogP contribution < -0.4 is 5.56 Å². The lowest BCUT2D eigenvalue weighted by atomic mass is 10.2. The molecule has 0 aliphatic carbocycles. The minimum Gasteiger partial charge on any atom is -0.469 e. The zero-order chi connectivity index (χ0) is 19.1. The Morgan fingerprint density at radius 2 is 2.00 bits per heavy atom. The Labute approximate surface area is 160 Å². The number of fused-ring (bicyclic) bond motifs is 1. The van der Waals surface area contributed by atoms with Gasteiger partial charge in [0.05, 0.1) is 23.8 Å². The van der Waals surface area contributed by atoms with Gasteiger partial charge < -0.3 is 14.3 Å². The quantitative estimate of drug-likeness (QED) is 0.748. The number of carbonyl (C=O) groups is 1. The van der Waals surface area contributed by atoms with Crippen molar-refractivity contribution in [3.05, 3.63) is 50.3 Å². The van der Waals surface area contributed by atoms with Crippen LogP contribution in [0.1, 0.15) is 32.4 Å². The molecule has 4 heterocycles. The van der Waals surface area contributed by atoms with E-state index in [0.29, 0.717) is 42.2 Å². The fourth-order valence-corrected chi connectivity index (χ4v) is 4.52. The molecule has 0 atom stereocenters. The molecule has 0 bridgehead atoms. The first-order chi connectivity index (χ1) is 12.9. The summed E-state index contributed by atoms with van der Waals surface area (Å²) < 4.78 is 5.23. The molecule has 1 saturated heterocycles. The number of hydrogen-bond donors (Lipinski definition) is 1. The summed E-state index contributed by atoms with van der Waals surface area (Å²) in [6, 6.07) is 1.72. The number of furan rings is 1. The van der Waals surface area contributed by atoms with E-state index in [0.717, 1.165) is 28.4 Å². The van der Waals surface area contributed by atoms with Gasteiger partial charge in [-0.15, -0.1) is 11.3 Å². The lowest BCUT2D eigenvalue weighted by molar-refractivity contribution is 0.0624. The third-order valence-electron chi connectivity index (χ3n) is 5.21. The molecule has 4 rings (SSSR count). The molecule has 27 heavy (non-hydrogen) atoms. The molecule has 7 nitrogen and oxygen atoms in total. The third-order valence-corrected chi connectivity index (χ3v) is 6.31. The third kappa shape index (κ3) is 3.30. The van der Waals surface area contributed by atoms with Gasteiger partial charge in [-0.1, -0.05) is 0 Å². The molecule has 0 saturated carbocycles. The van der Waals surface area contributed by atoms with Crippen LogP contribution in [0.5, 0.6) is 0 Å². The van der Waals surface area contributed by atoms with Crippen LogP contribution in [0, 0.1) is 20.8 Å². The van der Waals surface area contributed by atoms with Crippen LogP contribution >= 0.6 is 11.3 Å². The van der Waals surface area contributed by atoms with Gasteiger partial charge in [-0.3, -0.25) is 14.5 Å². The fourth-order valence-electron chi connectivity index (χ4n) is 3.47. The highest BCUT2D eigenvalue weighted by Crippen LogP contribution is 2.25. The summed E-state index contributed by atoms with van der Waals surface area (Å²) in [4.78, 5) is 38.5. The fraction of sp³-hybridized carbons (Fsp3) is 0.421. The van der Waals surface area contributed by atoms with Gasteiger partial charge in [0.15, 0.2) is 0 Å². The van der Waals surface area contributed by atoms with Gasteiger partial charge in [-0.05, 0) is 32.4 Å². The maximum atomic E-state index is 12.6. The number of H-pyrrole nitrogens is 1. The SMILES string of the molecule is Cc1occc1C(=O)N1CCN(Cc2nc3sc(C)c(C)c3c(=O)[nH]2)CC1. The molecule has 142 valence electrons. The van der Waals surface area contributed by atoms with Gasteiger partial charge in [0.1, 0.15) is 16.4 Å². The number of aromatic amines is 1. The van der Waals surface area contributed by atoms with Gasteiger partial charge in [-0.2, -0.15) is 0 Å². The maximum Gasteiger partial charge on any atom is 0.259 e. The number of aromatic nitrogens is 2. The van der Waals surface area contributed by atoms with Crippen LogP contribution in [0.15, 0.2) is 21.5 Å². The van der Waals surface area contributed by atoms with E-state index < -0.39 is 0 Å². The number of aryl methyl sites for hydroxylation is 3. The van der Waals surface area contributed by atoms with E-state index in [1.807, 2.05) is 18.7 Å². The predicted molar refractivity (Wildman–Crippen MR) is 104 cm³/mol. The minimum atomic E-state index is -0.0684. The number of carbonyl (C=O) groups excluding carboxylic acids is 1. The largest absolute Gasteiger partial charge is 0.469 e. The van der Waals surface area contributed by atoms with Crippen molar-refractivity contribution < 1.29 is 9.21 Å². The molecule has 0 spiro atoms. The van der Waals surface area contributed by atoms with E-state index in [2.05, 4.69) is 14.9 Å². The van der Waals surface area contributed by atoms with Crippen LogP contribution in [0.2, 0.25) is 0 Å². The minimum absolute atomic E-state index is 0.0124. The lowest BCUT2D eigenvalue weighted by Crippen LogP contribution is -2.48. The second kappa shape index (κ2) is 6.94. The van der Waals surface area contributed by atoms with Crippen LogP contribution in [-0.2, 0) is 6.54 Å². The first-order valence-electron chi connectivity index (χ1n) is 8.98. The van der Waals surface area contributed by atoms with E-state index in [9.17, 15) is 9.59 Å². The van der Waals surface area contributed by atoms with Gasteiger partial charge in [-0.25, -0.2) is 4.98 Å². The predicted octanol–water partition coefficient (Wildman–Crippen LogP) is 2.46. The molecule has 3 aromatic heterocycles. The highest BCUT2D eigenvalue weighted by molar-refractivity contribution is 7.18. The summed E-state index contributed by atoms with van der Waals surface area (Å²) in [7, 11) is 0. The number of amides is 1. The molecule has 8 heteroatoms. The second-order valence-electron chi connectivity index (χ2n) is 6.93. The van der Waals surface area contributed by atoms with Crippen molar-refractivity contribution in [3.63, 3.8) is 0 Å². The first kappa shape index (κ1) is 17.9. The van der Waals surface area contributed by atoms with Gasteiger partial charge in [0.25, 0.3) is 11.5 Å². The van der Waals surface area contributed by atoms with Crippen molar-refractivity contribution in [2.75, 3.05) is 26.2 Å². The molecule has 1 aliphatic heterocycles. The number of piperazine rings is 1. The van der Waals surface area contributed by atoms with Crippen molar-refractivity contribution in [1.29, 1.82) is 0 Å². The number of nitrogens with one attached hydrogen (secondary N) is 1.